The number of alkyl halides is 1. The highest BCUT2D eigenvalue weighted by Crippen LogP contribution is 2.41. The molecule has 0 saturated heterocycles. The molecule has 1 aliphatic carbocycles. The number of hydrogen-bond acceptors (Lipinski definition) is 1. The lowest BCUT2D eigenvalue weighted by Crippen LogP contribution is -2.34. The second-order valence-electron chi connectivity index (χ2n) is 5.75. The molecule has 0 spiro atoms. The normalized spacial score (nSPS) is 22.9. The molecule has 0 bridgehead atoms. The van der Waals surface area contributed by atoms with E-state index in [9.17, 15) is 0 Å². The van der Waals surface area contributed by atoms with Crippen LogP contribution in [0.4, 0.5) is 0 Å². The number of nitrogens with zero attached hydrogens (tertiary/aromatic N) is 1. The van der Waals surface area contributed by atoms with Gasteiger partial charge in [0.2, 0.25) is 0 Å². The molecule has 2 heteroatoms. The molecular weight excluding hydrogens is 274 g/mol. The van der Waals surface area contributed by atoms with Gasteiger partial charge in [-0.1, -0.05) is 53.0 Å². The van der Waals surface area contributed by atoms with Crippen LogP contribution >= 0.6 is 15.9 Å². The fourth-order valence-electron chi connectivity index (χ4n) is 3.45. The molecule has 3 rings (SSSR count). The topological polar surface area (TPSA) is 3.24 Å². The summed E-state index contributed by atoms with van der Waals surface area (Å²) in [6, 6.07) is 8.89. The molecule has 1 aliphatic heterocycles. The summed E-state index contributed by atoms with van der Waals surface area (Å²) in [5.41, 5.74) is 3.63. The van der Waals surface area contributed by atoms with Crippen LogP contribution in [0.5, 0.6) is 0 Å². The van der Waals surface area contributed by atoms with Gasteiger partial charge in [0.1, 0.15) is 0 Å². The lowest BCUT2D eigenvalue weighted by Gasteiger charge is -2.31. The smallest absolute Gasteiger partial charge is 0.0240 e. The van der Waals surface area contributed by atoms with E-state index >= 15 is 0 Å². The quantitative estimate of drug-likeness (QED) is 0.763. The Balaban J connectivity index is 1.69. The maximum Gasteiger partial charge on any atom is 0.0240 e. The van der Waals surface area contributed by atoms with Gasteiger partial charge in [-0.05, 0) is 29.4 Å². The Morgan fingerprint density at radius 2 is 1.65 bits per heavy atom. The molecule has 0 unspecified atom stereocenters. The van der Waals surface area contributed by atoms with Gasteiger partial charge in [-0.3, -0.25) is 4.90 Å². The van der Waals surface area contributed by atoms with Gasteiger partial charge in [-0.2, -0.15) is 0 Å². The fourth-order valence-corrected chi connectivity index (χ4v) is 4.19. The van der Waals surface area contributed by atoms with E-state index in [1.165, 1.54) is 48.7 Å². The van der Waals surface area contributed by atoms with Crippen LogP contribution in [0.25, 0.3) is 0 Å². The minimum absolute atomic E-state index is 0.558. The second kappa shape index (κ2) is 4.74. The summed E-state index contributed by atoms with van der Waals surface area (Å²) in [6.07, 6.45) is 5.66. The van der Waals surface area contributed by atoms with E-state index < -0.39 is 0 Å². The third-order valence-corrected chi connectivity index (χ3v) is 5.60. The molecule has 1 fully saturated rings. The van der Waals surface area contributed by atoms with Gasteiger partial charge in [0.25, 0.3) is 0 Å². The Labute approximate surface area is 112 Å². The summed E-state index contributed by atoms with van der Waals surface area (Å²) < 4.78 is 0. The zero-order valence-electron chi connectivity index (χ0n) is 10.3. The Bertz CT molecular complexity index is 371. The average molecular weight is 294 g/mol. The van der Waals surface area contributed by atoms with E-state index in [1.54, 1.807) is 0 Å². The van der Waals surface area contributed by atoms with Crippen LogP contribution < -0.4 is 0 Å². The Morgan fingerprint density at radius 1 is 1.06 bits per heavy atom. The molecule has 1 heterocycles. The number of rotatable bonds is 3. The van der Waals surface area contributed by atoms with Crippen LogP contribution in [0.15, 0.2) is 24.3 Å². The highest BCUT2D eigenvalue weighted by atomic mass is 79.9. The van der Waals surface area contributed by atoms with Gasteiger partial charge >= 0.3 is 0 Å². The fraction of sp³-hybridized carbons (Fsp3) is 0.600. The maximum atomic E-state index is 3.75. The van der Waals surface area contributed by atoms with Gasteiger partial charge in [0.05, 0.1) is 0 Å². The van der Waals surface area contributed by atoms with Crippen molar-refractivity contribution >= 4 is 15.9 Å². The van der Waals surface area contributed by atoms with Crippen molar-refractivity contribution in [3.05, 3.63) is 35.4 Å². The summed E-state index contributed by atoms with van der Waals surface area (Å²) in [6.45, 7) is 3.59. The molecule has 0 aromatic heterocycles. The highest BCUT2D eigenvalue weighted by Gasteiger charge is 2.35. The van der Waals surface area contributed by atoms with Gasteiger partial charge in [-0.15, -0.1) is 0 Å². The first-order chi connectivity index (χ1) is 8.31. The van der Waals surface area contributed by atoms with Crippen LogP contribution in [0.2, 0.25) is 0 Å². The van der Waals surface area contributed by atoms with Crippen molar-refractivity contribution in [2.75, 3.05) is 11.9 Å². The molecule has 1 nitrogen and oxygen atoms in total. The van der Waals surface area contributed by atoms with E-state index in [0.29, 0.717) is 5.41 Å². The number of benzene rings is 1. The second-order valence-corrected chi connectivity index (χ2v) is 6.32. The maximum absolute atomic E-state index is 3.75. The summed E-state index contributed by atoms with van der Waals surface area (Å²) >= 11 is 3.75. The van der Waals surface area contributed by atoms with Crippen molar-refractivity contribution in [3.8, 4) is 0 Å². The van der Waals surface area contributed by atoms with E-state index in [0.717, 1.165) is 13.1 Å². The minimum Gasteiger partial charge on any atom is -0.294 e. The average Bonchev–Trinajstić information content (AvgIpc) is 2.95. The summed E-state index contributed by atoms with van der Waals surface area (Å²) in [7, 11) is 0. The minimum atomic E-state index is 0.558. The monoisotopic (exact) mass is 293 g/mol. The van der Waals surface area contributed by atoms with Gasteiger partial charge in [0, 0.05) is 25.0 Å². The first-order valence-electron chi connectivity index (χ1n) is 6.66. The SMILES string of the molecule is BrCC1(CN2Cc3ccccc3C2)CCCC1. The standard InChI is InChI=1S/C15H20BrN/c16-11-15(7-3-4-8-15)12-17-9-13-5-1-2-6-14(13)10-17/h1-2,5-6H,3-4,7-12H2. The molecule has 0 radical (unpaired) electrons. The molecule has 1 aromatic rings. The predicted octanol–water partition coefficient (Wildman–Crippen LogP) is 3.96. The van der Waals surface area contributed by atoms with Gasteiger partial charge < -0.3 is 0 Å². The lowest BCUT2D eigenvalue weighted by molar-refractivity contribution is 0.173. The third kappa shape index (κ3) is 2.30. The van der Waals surface area contributed by atoms with E-state index in [2.05, 4.69) is 45.1 Å². The number of hydrogen-bond donors (Lipinski definition) is 0. The van der Waals surface area contributed by atoms with Gasteiger partial charge in [-0.25, -0.2) is 0 Å². The first-order valence-corrected chi connectivity index (χ1v) is 7.79. The van der Waals surface area contributed by atoms with Crippen molar-refractivity contribution in [3.63, 3.8) is 0 Å². The number of halogens is 1. The molecular formula is C15H20BrN. The zero-order chi connectivity index (χ0) is 11.7. The van der Waals surface area contributed by atoms with Crippen LogP contribution in [0, 0.1) is 5.41 Å². The molecule has 1 aromatic carbocycles. The van der Waals surface area contributed by atoms with Crippen molar-refractivity contribution in [1.29, 1.82) is 0 Å². The predicted molar refractivity (Wildman–Crippen MR) is 75.3 cm³/mol. The van der Waals surface area contributed by atoms with Gasteiger partial charge in [0.15, 0.2) is 0 Å². The largest absolute Gasteiger partial charge is 0.294 e. The molecule has 0 N–H and O–H groups in total. The Morgan fingerprint density at radius 3 is 2.18 bits per heavy atom. The highest BCUT2D eigenvalue weighted by molar-refractivity contribution is 9.09. The van der Waals surface area contributed by atoms with Crippen molar-refractivity contribution in [2.24, 2.45) is 5.41 Å². The third-order valence-electron chi connectivity index (χ3n) is 4.41. The summed E-state index contributed by atoms with van der Waals surface area (Å²) in [5, 5.41) is 1.17. The van der Waals surface area contributed by atoms with E-state index in [4.69, 9.17) is 0 Å². The Hall–Kier alpha value is -0.340. The van der Waals surface area contributed by atoms with Crippen LogP contribution in [0.3, 0.4) is 0 Å². The van der Waals surface area contributed by atoms with E-state index in [1.807, 2.05) is 0 Å². The van der Waals surface area contributed by atoms with Crippen molar-refractivity contribution in [2.45, 2.75) is 38.8 Å². The number of fused-ring (bicyclic) bond motifs is 1. The van der Waals surface area contributed by atoms with E-state index in [-0.39, 0.29) is 0 Å². The molecule has 17 heavy (non-hydrogen) atoms. The first kappa shape index (κ1) is 11.7. The van der Waals surface area contributed by atoms with Crippen molar-refractivity contribution < 1.29 is 0 Å². The lowest BCUT2D eigenvalue weighted by atomic mass is 9.88. The molecule has 92 valence electrons. The van der Waals surface area contributed by atoms with Crippen LogP contribution in [0.1, 0.15) is 36.8 Å². The van der Waals surface area contributed by atoms with Crippen LogP contribution in [-0.4, -0.2) is 16.8 Å². The molecule has 0 amide bonds. The summed E-state index contributed by atoms with van der Waals surface area (Å²) in [4.78, 5) is 2.64. The molecule has 2 aliphatic rings. The molecule has 0 atom stereocenters. The summed E-state index contributed by atoms with van der Waals surface area (Å²) in [5.74, 6) is 0. The Kier molecular flexibility index (Phi) is 3.27. The van der Waals surface area contributed by atoms with Crippen molar-refractivity contribution in [1.82, 2.24) is 4.90 Å². The van der Waals surface area contributed by atoms with Crippen LogP contribution in [-0.2, 0) is 13.1 Å². The molecule has 1 saturated carbocycles. The zero-order valence-corrected chi connectivity index (χ0v) is 11.9.